The fourth-order valence-corrected chi connectivity index (χ4v) is 4.03. The number of aliphatic hydroxyl groups excluding tert-OH is 2. The van der Waals surface area contributed by atoms with Gasteiger partial charge in [0.25, 0.3) is 0 Å². The van der Waals surface area contributed by atoms with Gasteiger partial charge < -0.3 is 29.2 Å². The molecule has 0 aliphatic rings. The maximum Gasteiger partial charge on any atom is 0.111 e. The minimum Gasteiger partial charge on any atom is -0.388 e. The lowest BCUT2D eigenvalue weighted by atomic mass is 10.0. The van der Waals surface area contributed by atoms with E-state index in [0.29, 0.717) is 13.2 Å². The molecular weight excluding hydrogens is 508 g/mol. The van der Waals surface area contributed by atoms with E-state index < -0.39 is 24.4 Å². The molecule has 2 heterocycles. The van der Waals surface area contributed by atoms with Crippen LogP contribution in [0.5, 0.6) is 0 Å². The number of pyridine rings is 2. The Bertz CT molecular complexity index is 1100. The van der Waals surface area contributed by atoms with Crippen molar-refractivity contribution < 1.29 is 29.2 Å². The van der Waals surface area contributed by atoms with E-state index in [-0.39, 0.29) is 26.4 Å². The second-order valence-corrected chi connectivity index (χ2v) is 9.39. The van der Waals surface area contributed by atoms with Crippen LogP contribution >= 0.6 is 0 Å². The highest BCUT2D eigenvalue weighted by atomic mass is 16.6. The van der Waals surface area contributed by atoms with Crippen molar-refractivity contribution in [1.29, 1.82) is 0 Å². The minimum atomic E-state index is -1.31. The van der Waals surface area contributed by atoms with Crippen LogP contribution in [0.25, 0.3) is 0 Å². The van der Waals surface area contributed by atoms with E-state index >= 15 is 0 Å². The zero-order chi connectivity index (χ0) is 27.8. The Morgan fingerprint density at radius 1 is 0.475 bits per heavy atom. The van der Waals surface area contributed by atoms with Crippen LogP contribution in [0.15, 0.2) is 110 Å². The Morgan fingerprint density at radius 2 is 0.825 bits per heavy atom. The molecular formula is C32H36N2O6. The van der Waals surface area contributed by atoms with E-state index in [1.165, 1.54) is 0 Å². The first-order chi connectivity index (χ1) is 19.7. The Labute approximate surface area is 235 Å². The quantitative estimate of drug-likeness (QED) is 0.205. The summed E-state index contributed by atoms with van der Waals surface area (Å²) in [5, 5.41) is 22.6. The number of aliphatic hydroxyl groups is 2. The van der Waals surface area contributed by atoms with Crippen molar-refractivity contribution >= 4 is 0 Å². The van der Waals surface area contributed by atoms with Crippen LogP contribution in [0.4, 0.5) is 0 Å². The molecule has 0 saturated heterocycles. The lowest BCUT2D eigenvalue weighted by molar-refractivity contribution is -0.170. The molecule has 0 fully saturated rings. The number of benzene rings is 2. The molecule has 2 N–H and O–H groups in total. The summed E-state index contributed by atoms with van der Waals surface area (Å²) >= 11 is 0. The van der Waals surface area contributed by atoms with Gasteiger partial charge >= 0.3 is 0 Å². The molecule has 0 unspecified atom stereocenters. The molecule has 0 aliphatic heterocycles. The topological polar surface area (TPSA) is 103 Å². The molecule has 0 amide bonds. The Kier molecular flexibility index (Phi) is 12.2. The molecule has 8 nitrogen and oxygen atoms in total. The zero-order valence-corrected chi connectivity index (χ0v) is 22.4. The van der Waals surface area contributed by atoms with Crippen molar-refractivity contribution in [3.05, 3.63) is 132 Å². The van der Waals surface area contributed by atoms with E-state index in [1.807, 2.05) is 84.9 Å². The molecule has 4 rings (SSSR count). The van der Waals surface area contributed by atoms with Crippen molar-refractivity contribution in [3.8, 4) is 0 Å². The third-order valence-corrected chi connectivity index (χ3v) is 6.33. The summed E-state index contributed by atoms with van der Waals surface area (Å²) in [4.78, 5) is 8.07. The summed E-state index contributed by atoms with van der Waals surface area (Å²) in [5.74, 6) is 0. The van der Waals surface area contributed by atoms with Gasteiger partial charge in [0.1, 0.15) is 24.4 Å². The Balaban J connectivity index is 1.42. The highest BCUT2D eigenvalue weighted by Crippen LogP contribution is 2.17. The average molecular weight is 545 g/mol. The van der Waals surface area contributed by atoms with Gasteiger partial charge in [-0.1, -0.05) is 60.7 Å². The summed E-state index contributed by atoms with van der Waals surface area (Å²) in [5.41, 5.74) is 3.78. The summed E-state index contributed by atoms with van der Waals surface area (Å²) in [6, 6.07) is 26.8. The highest BCUT2D eigenvalue weighted by molar-refractivity contribution is 5.14. The molecule has 0 aliphatic carbocycles. The summed E-state index contributed by atoms with van der Waals surface area (Å²) in [6.07, 6.45) is 2.45. The van der Waals surface area contributed by atoms with Crippen molar-refractivity contribution in [2.45, 2.75) is 50.8 Å². The van der Waals surface area contributed by atoms with E-state index in [4.69, 9.17) is 18.9 Å². The molecule has 2 aromatic heterocycles. The van der Waals surface area contributed by atoms with Crippen LogP contribution in [0.1, 0.15) is 22.3 Å². The number of hydrogen-bond donors (Lipinski definition) is 2. The molecule has 4 atom stereocenters. The largest absolute Gasteiger partial charge is 0.388 e. The third-order valence-electron chi connectivity index (χ3n) is 6.33. The Hall–Kier alpha value is -3.50. The van der Waals surface area contributed by atoms with Gasteiger partial charge in [0, 0.05) is 24.8 Å². The molecule has 0 saturated carbocycles. The standard InChI is InChI=1S/C32H36N2O6/c35-31(29(39-21-27-11-15-33-16-12-27)23-37-19-25-7-3-1-4-8-25)32(36)30(40-22-28-13-17-34-18-14-28)24-38-20-26-9-5-2-6-10-26/h1-18,29-32,35-36H,19-24H2/t29-,30-,31-,32-/m1/s1. The number of ether oxygens (including phenoxy) is 4. The maximum absolute atomic E-state index is 11.3. The summed E-state index contributed by atoms with van der Waals surface area (Å²) in [6.45, 7) is 1.28. The van der Waals surface area contributed by atoms with Gasteiger partial charge in [0.05, 0.1) is 39.6 Å². The number of nitrogens with zero attached hydrogens (tertiary/aromatic N) is 2. The summed E-state index contributed by atoms with van der Waals surface area (Å²) < 4.78 is 23.9. The fraction of sp³-hybridized carbons (Fsp3) is 0.312. The zero-order valence-electron chi connectivity index (χ0n) is 22.4. The highest BCUT2D eigenvalue weighted by Gasteiger charge is 2.34. The van der Waals surface area contributed by atoms with Crippen LogP contribution < -0.4 is 0 Å². The van der Waals surface area contributed by atoms with Gasteiger partial charge in [-0.3, -0.25) is 9.97 Å². The van der Waals surface area contributed by atoms with E-state index in [9.17, 15) is 10.2 Å². The van der Waals surface area contributed by atoms with Crippen LogP contribution in [0.2, 0.25) is 0 Å². The van der Waals surface area contributed by atoms with Crippen molar-refractivity contribution in [3.63, 3.8) is 0 Å². The smallest absolute Gasteiger partial charge is 0.111 e. The van der Waals surface area contributed by atoms with Crippen LogP contribution in [-0.2, 0) is 45.4 Å². The van der Waals surface area contributed by atoms with Gasteiger partial charge in [-0.25, -0.2) is 0 Å². The predicted molar refractivity (Wildman–Crippen MR) is 150 cm³/mol. The van der Waals surface area contributed by atoms with Crippen molar-refractivity contribution in [2.75, 3.05) is 13.2 Å². The second kappa shape index (κ2) is 16.6. The van der Waals surface area contributed by atoms with Gasteiger partial charge in [-0.2, -0.15) is 0 Å². The van der Waals surface area contributed by atoms with E-state index in [2.05, 4.69) is 9.97 Å². The lowest BCUT2D eigenvalue weighted by Crippen LogP contribution is -2.49. The number of hydrogen-bond acceptors (Lipinski definition) is 8. The fourth-order valence-electron chi connectivity index (χ4n) is 4.03. The molecule has 8 heteroatoms. The predicted octanol–water partition coefficient (Wildman–Crippen LogP) is 4.10. The number of rotatable bonds is 17. The molecule has 4 aromatic rings. The van der Waals surface area contributed by atoms with Crippen molar-refractivity contribution in [1.82, 2.24) is 9.97 Å². The maximum atomic E-state index is 11.3. The van der Waals surface area contributed by atoms with Gasteiger partial charge in [-0.05, 0) is 46.5 Å². The number of aromatic nitrogens is 2. The first-order valence-electron chi connectivity index (χ1n) is 13.3. The van der Waals surface area contributed by atoms with Gasteiger partial charge in [0.15, 0.2) is 0 Å². The Morgan fingerprint density at radius 3 is 1.20 bits per heavy atom. The van der Waals surface area contributed by atoms with Gasteiger partial charge in [0.2, 0.25) is 0 Å². The van der Waals surface area contributed by atoms with Gasteiger partial charge in [-0.15, -0.1) is 0 Å². The van der Waals surface area contributed by atoms with Crippen LogP contribution in [-0.4, -0.2) is 57.8 Å². The minimum absolute atomic E-state index is 0.0696. The monoisotopic (exact) mass is 544 g/mol. The normalized spacial score (nSPS) is 14.3. The molecule has 2 aromatic carbocycles. The van der Waals surface area contributed by atoms with Crippen molar-refractivity contribution in [2.24, 2.45) is 0 Å². The molecule has 0 radical (unpaired) electrons. The first kappa shape index (κ1) is 29.5. The summed E-state index contributed by atoms with van der Waals surface area (Å²) in [7, 11) is 0. The lowest BCUT2D eigenvalue weighted by Gasteiger charge is -2.32. The average Bonchev–Trinajstić information content (AvgIpc) is 3.02. The second-order valence-electron chi connectivity index (χ2n) is 9.39. The molecule has 40 heavy (non-hydrogen) atoms. The van der Waals surface area contributed by atoms with E-state index in [0.717, 1.165) is 22.3 Å². The third kappa shape index (κ3) is 9.91. The van der Waals surface area contributed by atoms with Crippen LogP contribution in [0, 0.1) is 0 Å². The SMILES string of the molecule is O[C@@H]([C@H](O)[C@@H](COCc1ccccc1)OCc1ccncc1)[C@@H](COCc1ccccc1)OCc1ccncc1. The van der Waals surface area contributed by atoms with E-state index in [1.54, 1.807) is 24.8 Å². The van der Waals surface area contributed by atoms with Crippen LogP contribution in [0.3, 0.4) is 0 Å². The first-order valence-corrected chi connectivity index (χ1v) is 13.3. The molecule has 210 valence electrons. The molecule has 0 bridgehead atoms. The molecule has 0 spiro atoms.